The fourth-order valence-electron chi connectivity index (χ4n) is 1.11. The molecule has 0 saturated heterocycles. The molecule has 0 aromatic carbocycles. The van der Waals surface area contributed by atoms with Gasteiger partial charge in [0.1, 0.15) is 6.61 Å². The Labute approximate surface area is 109 Å². The van der Waals surface area contributed by atoms with Crippen molar-refractivity contribution in [3.05, 3.63) is 24.3 Å². The smallest absolute Gasteiger partial charge is 0.336 e. The summed E-state index contributed by atoms with van der Waals surface area (Å²) in [6, 6.07) is 0. The third kappa shape index (κ3) is 6.89. The summed E-state index contributed by atoms with van der Waals surface area (Å²) in [7, 11) is 0. The number of esters is 2. The molecule has 0 radical (unpaired) electrons. The van der Waals surface area contributed by atoms with Gasteiger partial charge in [0.05, 0.1) is 12.2 Å². The van der Waals surface area contributed by atoms with E-state index in [1.54, 1.807) is 6.92 Å². The maximum Gasteiger partial charge on any atom is 0.336 e. The maximum absolute atomic E-state index is 11.5. The van der Waals surface area contributed by atoms with Crippen LogP contribution in [-0.4, -0.2) is 25.2 Å². The molecule has 0 amide bonds. The zero-order valence-electron chi connectivity index (χ0n) is 11.5. The Morgan fingerprint density at radius 1 is 1.06 bits per heavy atom. The van der Waals surface area contributed by atoms with Crippen molar-refractivity contribution in [3.63, 3.8) is 0 Å². The summed E-state index contributed by atoms with van der Waals surface area (Å²) in [6.07, 6.45) is 1.48. The van der Waals surface area contributed by atoms with E-state index in [1.165, 1.54) is 0 Å². The van der Waals surface area contributed by atoms with Gasteiger partial charge in [-0.25, -0.2) is 9.59 Å². The van der Waals surface area contributed by atoms with Crippen LogP contribution in [0.15, 0.2) is 24.3 Å². The highest BCUT2D eigenvalue weighted by atomic mass is 16.5. The molecule has 0 aliphatic heterocycles. The van der Waals surface area contributed by atoms with E-state index < -0.39 is 11.9 Å². The Balaban J connectivity index is 3.99. The molecule has 4 heteroatoms. The highest BCUT2D eigenvalue weighted by Gasteiger charge is 2.13. The van der Waals surface area contributed by atoms with Crippen LogP contribution in [0.1, 0.15) is 33.6 Å². The Morgan fingerprint density at radius 3 is 2.11 bits per heavy atom. The van der Waals surface area contributed by atoms with Crippen molar-refractivity contribution >= 4 is 11.9 Å². The van der Waals surface area contributed by atoms with Crippen LogP contribution < -0.4 is 0 Å². The largest absolute Gasteiger partial charge is 0.463 e. The van der Waals surface area contributed by atoms with Crippen LogP contribution in [0, 0.1) is 5.92 Å². The quantitative estimate of drug-likeness (QED) is 0.493. The number of hydrogen-bond donors (Lipinski definition) is 0. The first-order valence-electron chi connectivity index (χ1n) is 6.08. The molecular weight excluding hydrogens is 232 g/mol. The molecule has 0 aromatic heterocycles. The zero-order valence-corrected chi connectivity index (χ0v) is 11.5. The van der Waals surface area contributed by atoms with Gasteiger partial charge >= 0.3 is 11.9 Å². The van der Waals surface area contributed by atoms with Gasteiger partial charge < -0.3 is 9.47 Å². The SMILES string of the molecule is C=C(CCC(C)C)C(=O)OCC(=C)C(=O)OCC. The lowest BCUT2D eigenvalue weighted by molar-refractivity contribution is -0.142. The Morgan fingerprint density at radius 2 is 1.61 bits per heavy atom. The van der Waals surface area contributed by atoms with Gasteiger partial charge in [-0.1, -0.05) is 27.0 Å². The monoisotopic (exact) mass is 254 g/mol. The Hall–Kier alpha value is -1.58. The minimum Gasteiger partial charge on any atom is -0.463 e. The average molecular weight is 254 g/mol. The third-order valence-electron chi connectivity index (χ3n) is 2.25. The van der Waals surface area contributed by atoms with E-state index in [4.69, 9.17) is 9.47 Å². The van der Waals surface area contributed by atoms with Crippen molar-refractivity contribution in [2.24, 2.45) is 5.92 Å². The normalized spacial score (nSPS) is 10.0. The highest BCUT2D eigenvalue weighted by Crippen LogP contribution is 2.11. The molecule has 0 aliphatic carbocycles. The number of carbonyl (C=O) groups excluding carboxylic acids is 2. The fourth-order valence-corrected chi connectivity index (χ4v) is 1.11. The summed E-state index contributed by atoms with van der Waals surface area (Å²) >= 11 is 0. The second-order valence-electron chi connectivity index (χ2n) is 4.44. The van der Waals surface area contributed by atoms with Crippen molar-refractivity contribution in [2.75, 3.05) is 13.2 Å². The molecule has 0 fully saturated rings. The molecule has 0 aromatic rings. The first kappa shape index (κ1) is 16.4. The predicted molar refractivity (Wildman–Crippen MR) is 69.9 cm³/mol. The summed E-state index contributed by atoms with van der Waals surface area (Å²) in [6.45, 7) is 13.1. The van der Waals surface area contributed by atoms with Gasteiger partial charge in [-0.15, -0.1) is 0 Å². The molecule has 0 heterocycles. The van der Waals surface area contributed by atoms with Gasteiger partial charge in [0, 0.05) is 5.57 Å². The summed E-state index contributed by atoms with van der Waals surface area (Å²) in [5, 5.41) is 0. The average Bonchev–Trinajstić information content (AvgIpc) is 2.32. The lowest BCUT2D eigenvalue weighted by Gasteiger charge is -2.09. The molecule has 102 valence electrons. The van der Waals surface area contributed by atoms with Crippen LogP contribution in [0.3, 0.4) is 0 Å². The van der Waals surface area contributed by atoms with Gasteiger partial charge in [0.2, 0.25) is 0 Å². The van der Waals surface area contributed by atoms with Gasteiger partial charge in [-0.05, 0) is 25.7 Å². The Kier molecular flexibility index (Phi) is 7.76. The minimum absolute atomic E-state index is 0.127. The van der Waals surface area contributed by atoms with Crippen molar-refractivity contribution in [2.45, 2.75) is 33.6 Å². The molecule has 0 N–H and O–H groups in total. The van der Waals surface area contributed by atoms with E-state index >= 15 is 0 Å². The molecular formula is C14H22O4. The minimum atomic E-state index is -0.543. The number of rotatable bonds is 8. The summed E-state index contributed by atoms with van der Waals surface area (Å²) < 4.78 is 9.65. The molecule has 0 unspecified atom stereocenters. The second kappa shape index (κ2) is 8.50. The van der Waals surface area contributed by atoms with Crippen LogP contribution in [0.2, 0.25) is 0 Å². The first-order valence-corrected chi connectivity index (χ1v) is 6.08. The number of ether oxygens (including phenoxy) is 2. The second-order valence-corrected chi connectivity index (χ2v) is 4.44. The van der Waals surface area contributed by atoms with Crippen molar-refractivity contribution < 1.29 is 19.1 Å². The summed E-state index contributed by atoms with van der Waals surface area (Å²) in [4.78, 5) is 22.7. The van der Waals surface area contributed by atoms with Crippen molar-refractivity contribution in [1.82, 2.24) is 0 Å². The van der Waals surface area contributed by atoms with Gasteiger partial charge in [0.15, 0.2) is 0 Å². The molecule has 0 rings (SSSR count). The van der Waals surface area contributed by atoms with Crippen molar-refractivity contribution in [3.8, 4) is 0 Å². The maximum atomic E-state index is 11.5. The van der Waals surface area contributed by atoms with Gasteiger partial charge in [-0.3, -0.25) is 0 Å². The fraction of sp³-hybridized carbons (Fsp3) is 0.571. The predicted octanol–water partition coefficient (Wildman–Crippen LogP) is 2.64. The molecule has 18 heavy (non-hydrogen) atoms. The number of hydrogen-bond acceptors (Lipinski definition) is 4. The topological polar surface area (TPSA) is 52.6 Å². The van der Waals surface area contributed by atoms with Crippen LogP contribution in [0.25, 0.3) is 0 Å². The number of carbonyl (C=O) groups is 2. The van der Waals surface area contributed by atoms with E-state index in [0.717, 1.165) is 6.42 Å². The first-order chi connectivity index (χ1) is 8.38. The molecule has 0 bridgehead atoms. The molecule has 0 spiro atoms. The summed E-state index contributed by atoms with van der Waals surface area (Å²) in [5.41, 5.74) is 0.544. The van der Waals surface area contributed by atoms with E-state index in [0.29, 0.717) is 17.9 Å². The molecule has 0 aliphatic rings. The molecule has 0 saturated carbocycles. The molecule has 0 atom stereocenters. The van der Waals surface area contributed by atoms with Gasteiger partial charge in [0.25, 0.3) is 0 Å². The van der Waals surface area contributed by atoms with Gasteiger partial charge in [-0.2, -0.15) is 0 Å². The van der Waals surface area contributed by atoms with Crippen molar-refractivity contribution in [1.29, 1.82) is 0 Å². The standard InChI is InChI=1S/C14H22O4/c1-6-17-14(16)12(5)9-18-13(15)11(4)8-7-10(2)3/h10H,4-9H2,1-3H3. The lowest BCUT2D eigenvalue weighted by atomic mass is 10.0. The third-order valence-corrected chi connectivity index (χ3v) is 2.25. The van der Waals surface area contributed by atoms with Crippen LogP contribution in [-0.2, 0) is 19.1 Å². The molecule has 4 nitrogen and oxygen atoms in total. The zero-order chi connectivity index (χ0) is 14.1. The lowest BCUT2D eigenvalue weighted by Crippen LogP contribution is -2.15. The highest BCUT2D eigenvalue weighted by molar-refractivity contribution is 5.90. The van der Waals surface area contributed by atoms with Crippen LogP contribution >= 0.6 is 0 Å². The van der Waals surface area contributed by atoms with E-state index in [-0.39, 0.29) is 18.8 Å². The van der Waals surface area contributed by atoms with Crippen LogP contribution in [0.4, 0.5) is 0 Å². The van der Waals surface area contributed by atoms with Crippen LogP contribution in [0.5, 0.6) is 0 Å². The summed E-state index contributed by atoms with van der Waals surface area (Å²) in [5.74, 6) is -0.525. The van der Waals surface area contributed by atoms with E-state index in [1.807, 2.05) is 0 Å². The van der Waals surface area contributed by atoms with E-state index in [2.05, 4.69) is 27.0 Å². The Bertz CT molecular complexity index is 329. The van der Waals surface area contributed by atoms with E-state index in [9.17, 15) is 9.59 Å².